The highest BCUT2D eigenvalue weighted by atomic mass is 16.6. The predicted molar refractivity (Wildman–Crippen MR) is 87.5 cm³/mol. The van der Waals surface area contributed by atoms with E-state index in [0.29, 0.717) is 13.1 Å². The van der Waals surface area contributed by atoms with E-state index in [1.807, 2.05) is 31.3 Å². The first-order valence-corrected chi connectivity index (χ1v) is 7.02. The van der Waals surface area contributed by atoms with E-state index in [9.17, 15) is 10.1 Å². The van der Waals surface area contributed by atoms with Gasteiger partial charge in [-0.3, -0.25) is 15.0 Å². The minimum absolute atomic E-state index is 0.116. The monoisotopic (exact) mass is 294 g/mol. The molecule has 2 aromatic carbocycles. The highest BCUT2D eigenvalue weighted by Crippen LogP contribution is 2.12. The number of nitro benzene ring substituents is 1. The van der Waals surface area contributed by atoms with Crippen LogP contribution in [0.1, 0.15) is 16.7 Å². The Labute approximate surface area is 130 Å². The van der Waals surface area contributed by atoms with Crippen LogP contribution in [0.3, 0.4) is 0 Å². The van der Waals surface area contributed by atoms with Crippen molar-refractivity contribution in [3.05, 3.63) is 75.3 Å². The summed E-state index contributed by atoms with van der Waals surface area (Å²) in [6.45, 7) is 3.40. The van der Waals surface area contributed by atoms with E-state index in [1.54, 1.807) is 12.1 Å². The maximum absolute atomic E-state index is 10.6. The van der Waals surface area contributed by atoms with Gasteiger partial charge in [0.2, 0.25) is 0 Å². The van der Waals surface area contributed by atoms with Crippen LogP contribution < -0.4 is 0 Å². The van der Waals surface area contributed by atoms with Crippen LogP contribution in [-0.4, -0.2) is 23.4 Å². The highest BCUT2D eigenvalue weighted by molar-refractivity contribution is 5.36. The number of hydrogen-bond acceptors (Lipinski definition) is 3. The van der Waals surface area contributed by atoms with Crippen molar-refractivity contribution in [1.29, 1.82) is 0 Å². The number of rotatable bonds is 4. The quantitative estimate of drug-likeness (QED) is 0.493. The lowest BCUT2D eigenvalue weighted by atomic mass is 10.1. The lowest BCUT2D eigenvalue weighted by molar-refractivity contribution is -0.384. The van der Waals surface area contributed by atoms with Crippen LogP contribution >= 0.6 is 0 Å². The molecule has 0 saturated carbocycles. The van der Waals surface area contributed by atoms with Crippen LogP contribution in [0.2, 0.25) is 0 Å². The summed E-state index contributed by atoms with van der Waals surface area (Å²) in [6.07, 6.45) is 0. The van der Waals surface area contributed by atoms with Crippen LogP contribution in [0.4, 0.5) is 5.69 Å². The average molecular weight is 294 g/mol. The van der Waals surface area contributed by atoms with Gasteiger partial charge in [0.25, 0.3) is 5.69 Å². The first-order valence-electron chi connectivity index (χ1n) is 7.02. The molecule has 0 heterocycles. The van der Waals surface area contributed by atoms with E-state index in [-0.39, 0.29) is 10.6 Å². The molecule has 0 unspecified atom stereocenters. The van der Waals surface area contributed by atoms with Crippen LogP contribution in [-0.2, 0) is 6.54 Å². The standard InChI is InChI=1S/C18H18N2O2/c1-15-5-7-16(8-6-15)4-3-13-19(2)14-17-9-11-18(12-10-17)20(21)22/h5-12H,13-14H2,1-2H3. The molecule has 0 saturated heterocycles. The Morgan fingerprint density at radius 3 is 2.32 bits per heavy atom. The Kier molecular flexibility index (Phi) is 5.29. The maximum atomic E-state index is 10.6. The van der Waals surface area contributed by atoms with Gasteiger partial charge in [-0.1, -0.05) is 41.7 Å². The number of aryl methyl sites for hydroxylation is 1. The van der Waals surface area contributed by atoms with Gasteiger partial charge in [0.1, 0.15) is 0 Å². The van der Waals surface area contributed by atoms with Crippen molar-refractivity contribution in [2.24, 2.45) is 0 Å². The van der Waals surface area contributed by atoms with Gasteiger partial charge >= 0.3 is 0 Å². The Balaban J connectivity index is 1.89. The molecule has 0 atom stereocenters. The molecule has 0 aromatic heterocycles. The summed E-state index contributed by atoms with van der Waals surface area (Å²) in [5.41, 5.74) is 3.38. The second-order valence-corrected chi connectivity index (χ2v) is 5.26. The molecule has 0 amide bonds. The Morgan fingerprint density at radius 2 is 1.73 bits per heavy atom. The van der Waals surface area contributed by atoms with Gasteiger partial charge in [-0.2, -0.15) is 0 Å². The first kappa shape index (κ1) is 15.7. The highest BCUT2D eigenvalue weighted by Gasteiger charge is 2.04. The summed E-state index contributed by atoms with van der Waals surface area (Å²) in [4.78, 5) is 12.3. The number of nitro groups is 1. The van der Waals surface area contributed by atoms with Crippen molar-refractivity contribution in [1.82, 2.24) is 4.90 Å². The first-order chi connectivity index (χ1) is 10.5. The molecule has 0 bridgehead atoms. The van der Waals surface area contributed by atoms with Crippen LogP contribution in [0.5, 0.6) is 0 Å². The normalized spacial score (nSPS) is 10.1. The Morgan fingerprint density at radius 1 is 1.09 bits per heavy atom. The minimum Gasteiger partial charge on any atom is -0.291 e. The van der Waals surface area contributed by atoms with Gasteiger partial charge < -0.3 is 0 Å². The fourth-order valence-corrected chi connectivity index (χ4v) is 2.00. The fourth-order valence-electron chi connectivity index (χ4n) is 2.00. The zero-order chi connectivity index (χ0) is 15.9. The molecule has 0 aliphatic carbocycles. The Bertz CT molecular complexity index is 695. The van der Waals surface area contributed by atoms with E-state index in [1.165, 1.54) is 17.7 Å². The SMILES string of the molecule is Cc1ccc(C#CCN(C)Cc2ccc([N+](=O)[O-])cc2)cc1. The van der Waals surface area contributed by atoms with Gasteiger partial charge in [-0.25, -0.2) is 0 Å². The molecular weight excluding hydrogens is 276 g/mol. The zero-order valence-electron chi connectivity index (χ0n) is 12.7. The number of hydrogen-bond donors (Lipinski definition) is 0. The molecule has 22 heavy (non-hydrogen) atoms. The van der Waals surface area contributed by atoms with Crippen molar-refractivity contribution in [3.63, 3.8) is 0 Å². The van der Waals surface area contributed by atoms with Gasteiger partial charge in [-0.05, 0) is 31.7 Å². The van der Waals surface area contributed by atoms with E-state index in [0.717, 1.165) is 11.1 Å². The molecule has 0 N–H and O–H groups in total. The lowest BCUT2D eigenvalue weighted by Crippen LogP contribution is -2.17. The zero-order valence-corrected chi connectivity index (χ0v) is 12.7. The summed E-state index contributed by atoms with van der Waals surface area (Å²) in [5, 5.41) is 10.6. The summed E-state index contributed by atoms with van der Waals surface area (Å²) >= 11 is 0. The molecule has 4 nitrogen and oxygen atoms in total. The van der Waals surface area contributed by atoms with Gasteiger partial charge in [0, 0.05) is 24.2 Å². The summed E-state index contributed by atoms with van der Waals surface area (Å²) < 4.78 is 0. The number of nitrogens with zero attached hydrogens (tertiary/aromatic N) is 2. The average Bonchev–Trinajstić information content (AvgIpc) is 2.50. The van der Waals surface area contributed by atoms with Gasteiger partial charge in [-0.15, -0.1) is 0 Å². The summed E-state index contributed by atoms with van der Waals surface area (Å²) in [6, 6.07) is 14.7. The van der Waals surface area contributed by atoms with Crippen LogP contribution in [0, 0.1) is 28.9 Å². The molecule has 4 heteroatoms. The molecule has 0 radical (unpaired) electrons. The number of non-ortho nitro benzene ring substituents is 1. The van der Waals surface area contributed by atoms with E-state index in [2.05, 4.69) is 23.7 Å². The minimum atomic E-state index is -0.388. The molecule has 2 rings (SSSR count). The molecule has 0 aliphatic heterocycles. The second-order valence-electron chi connectivity index (χ2n) is 5.26. The van der Waals surface area contributed by atoms with Gasteiger partial charge in [0.05, 0.1) is 11.5 Å². The maximum Gasteiger partial charge on any atom is 0.269 e. The van der Waals surface area contributed by atoms with Gasteiger partial charge in [0.15, 0.2) is 0 Å². The topological polar surface area (TPSA) is 46.4 Å². The van der Waals surface area contributed by atoms with Crippen LogP contribution in [0.15, 0.2) is 48.5 Å². The molecule has 2 aromatic rings. The predicted octanol–water partition coefficient (Wildman–Crippen LogP) is 3.39. The van der Waals surface area contributed by atoms with Crippen LogP contribution in [0.25, 0.3) is 0 Å². The number of benzene rings is 2. The lowest BCUT2D eigenvalue weighted by Gasteiger charge is -2.12. The van der Waals surface area contributed by atoms with Crippen molar-refractivity contribution >= 4 is 5.69 Å². The Hall–Kier alpha value is -2.64. The third kappa shape index (κ3) is 4.72. The molecule has 0 aliphatic rings. The summed E-state index contributed by atoms with van der Waals surface area (Å²) in [7, 11) is 1.98. The van der Waals surface area contributed by atoms with E-state index in [4.69, 9.17) is 0 Å². The molecule has 0 spiro atoms. The fraction of sp³-hybridized carbons (Fsp3) is 0.222. The third-order valence-corrected chi connectivity index (χ3v) is 3.23. The molecular formula is C18H18N2O2. The molecule has 112 valence electrons. The van der Waals surface area contributed by atoms with Crippen molar-refractivity contribution in [2.45, 2.75) is 13.5 Å². The largest absolute Gasteiger partial charge is 0.291 e. The second kappa shape index (κ2) is 7.39. The van der Waals surface area contributed by atoms with E-state index >= 15 is 0 Å². The molecule has 0 fully saturated rings. The third-order valence-electron chi connectivity index (χ3n) is 3.23. The van der Waals surface area contributed by atoms with E-state index < -0.39 is 0 Å². The van der Waals surface area contributed by atoms with Crippen molar-refractivity contribution in [3.8, 4) is 11.8 Å². The van der Waals surface area contributed by atoms with Crippen molar-refractivity contribution < 1.29 is 4.92 Å². The summed E-state index contributed by atoms with van der Waals surface area (Å²) in [5.74, 6) is 6.27. The smallest absolute Gasteiger partial charge is 0.269 e. The van der Waals surface area contributed by atoms with Crippen molar-refractivity contribution in [2.75, 3.05) is 13.6 Å².